The summed E-state index contributed by atoms with van der Waals surface area (Å²) < 4.78 is 10.7. The minimum atomic E-state index is 0.218. The van der Waals surface area contributed by atoms with E-state index in [1.807, 2.05) is 6.07 Å². The van der Waals surface area contributed by atoms with Crippen molar-refractivity contribution < 1.29 is 14.3 Å². The fraction of sp³-hybridized carbons (Fsp3) is 0.632. The average Bonchev–Trinajstić information content (AvgIpc) is 2.68. The number of hydrogen-bond acceptors (Lipinski definition) is 5. The molecule has 138 valence electrons. The van der Waals surface area contributed by atoms with E-state index in [2.05, 4.69) is 27.2 Å². The van der Waals surface area contributed by atoms with E-state index in [9.17, 15) is 4.79 Å². The number of piperazine rings is 1. The molecule has 0 bridgehead atoms. The molecular formula is C19H29N3O3. The van der Waals surface area contributed by atoms with E-state index in [-0.39, 0.29) is 5.92 Å². The van der Waals surface area contributed by atoms with E-state index in [4.69, 9.17) is 9.47 Å². The van der Waals surface area contributed by atoms with Gasteiger partial charge in [0.2, 0.25) is 5.91 Å². The van der Waals surface area contributed by atoms with Crippen LogP contribution < -0.4 is 14.8 Å². The fourth-order valence-electron chi connectivity index (χ4n) is 3.67. The maximum absolute atomic E-state index is 12.6. The predicted molar refractivity (Wildman–Crippen MR) is 97.0 cm³/mol. The van der Waals surface area contributed by atoms with Gasteiger partial charge in [-0.25, -0.2) is 0 Å². The Kier molecular flexibility index (Phi) is 6.15. The summed E-state index contributed by atoms with van der Waals surface area (Å²) in [4.78, 5) is 17.1. The van der Waals surface area contributed by atoms with Crippen molar-refractivity contribution in [2.75, 3.05) is 53.5 Å². The van der Waals surface area contributed by atoms with Crippen molar-refractivity contribution in [3.05, 3.63) is 23.8 Å². The molecule has 1 aromatic rings. The third-order valence-electron chi connectivity index (χ3n) is 5.19. The lowest BCUT2D eigenvalue weighted by Gasteiger charge is -2.37. The largest absolute Gasteiger partial charge is 0.497 e. The summed E-state index contributed by atoms with van der Waals surface area (Å²) in [6.07, 6.45) is 1.95. The van der Waals surface area contributed by atoms with E-state index < -0.39 is 0 Å². The molecule has 0 atom stereocenters. The number of benzene rings is 1. The molecule has 6 nitrogen and oxygen atoms in total. The number of nitrogens with one attached hydrogen (secondary N) is 1. The summed E-state index contributed by atoms with van der Waals surface area (Å²) in [5.41, 5.74) is 1.18. The van der Waals surface area contributed by atoms with E-state index in [1.54, 1.807) is 14.2 Å². The van der Waals surface area contributed by atoms with Gasteiger partial charge in [-0.15, -0.1) is 0 Å². The number of hydrogen-bond donors (Lipinski definition) is 1. The van der Waals surface area contributed by atoms with Gasteiger partial charge in [0.1, 0.15) is 11.5 Å². The molecule has 2 aliphatic heterocycles. The van der Waals surface area contributed by atoms with Gasteiger partial charge in [0.25, 0.3) is 0 Å². The minimum Gasteiger partial charge on any atom is -0.497 e. The van der Waals surface area contributed by atoms with Gasteiger partial charge in [-0.05, 0) is 43.6 Å². The first-order valence-corrected chi connectivity index (χ1v) is 9.13. The molecular weight excluding hydrogens is 318 g/mol. The molecule has 0 saturated carbocycles. The molecule has 1 amide bonds. The zero-order valence-electron chi connectivity index (χ0n) is 15.3. The molecule has 0 aliphatic carbocycles. The van der Waals surface area contributed by atoms with Gasteiger partial charge < -0.3 is 19.7 Å². The molecule has 0 spiro atoms. The van der Waals surface area contributed by atoms with Crippen molar-refractivity contribution in [3.63, 3.8) is 0 Å². The van der Waals surface area contributed by atoms with Crippen LogP contribution in [0.5, 0.6) is 11.5 Å². The van der Waals surface area contributed by atoms with Crippen LogP contribution in [0.3, 0.4) is 0 Å². The Morgan fingerprint density at radius 3 is 2.20 bits per heavy atom. The van der Waals surface area contributed by atoms with Crippen LogP contribution in [0.15, 0.2) is 18.2 Å². The molecule has 0 radical (unpaired) electrons. The van der Waals surface area contributed by atoms with Crippen LogP contribution in [-0.4, -0.2) is 69.2 Å². The topological polar surface area (TPSA) is 54.0 Å². The highest BCUT2D eigenvalue weighted by Gasteiger charge is 2.28. The first kappa shape index (κ1) is 18.0. The summed E-state index contributed by atoms with van der Waals surface area (Å²) in [5.74, 6) is 2.20. The molecule has 0 aromatic heterocycles. The summed E-state index contributed by atoms with van der Waals surface area (Å²) in [6, 6.07) is 5.99. The lowest BCUT2D eigenvalue weighted by Crippen LogP contribution is -2.51. The van der Waals surface area contributed by atoms with Gasteiger partial charge in [-0.1, -0.05) is 0 Å². The number of piperidine rings is 1. The Labute approximate surface area is 150 Å². The number of amides is 1. The molecule has 6 heteroatoms. The van der Waals surface area contributed by atoms with E-state index in [1.165, 1.54) is 5.56 Å². The van der Waals surface area contributed by atoms with Gasteiger partial charge in [0, 0.05) is 44.7 Å². The number of carbonyl (C=O) groups is 1. The first-order chi connectivity index (χ1) is 12.2. The summed E-state index contributed by atoms with van der Waals surface area (Å²) in [5, 5.41) is 3.33. The molecule has 2 fully saturated rings. The molecule has 0 unspecified atom stereocenters. The Balaban J connectivity index is 1.53. The Morgan fingerprint density at radius 2 is 1.64 bits per heavy atom. The van der Waals surface area contributed by atoms with Crippen LogP contribution in [0.25, 0.3) is 0 Å². The minimum absolute atomic E-state index is 0.218. The standard InChI is InChI=1S/C19H29N3O3/c1-24-17-11-15(12-18(13-17)25-2)14-21-7-9-22(10-8-21)19(23)16-3-5-20-6-4-16/h11-13,16,20H,3-10,14H2,1-2H3. The third-order valence-corrected chi connectivity index (χ3v) is 5.19. The number of methoxy groups -OCH3 is 2. The Hall–Kier alpha value is -1.79. The molecule has 2 heterocycles. The predicted octanol–water partition coefficient (Wildman–Crippen LogP) is 1.35. The molecule has 3 rings (SSSR count). The molecule has 25 heavy (non-hydrogen) atoms. The fourth-order valence-corrected chi connectivity index (χ4v) is 3.67. The molecule has 2 saturated heterocycles. The van der Waals surface area contributed by atoms with Crippen LogP contribution in [0.4, 0.5) is 0 Å². The van der Waals surface area contributed by atoms with Crippen molar-refractivity contribution in [1.82, 2.24) is 15.1 Å². The number of nitrogens with zero attached hydrogens (tertiary/aromatic N) is 2. The van der Waals surface area contributed by atoms with Crippen LogP contribution in [0.1, 0.15) is 18.4 Å². The zero-order valence-corrected chi connectivity index (χ0v) is 15.3. The monoisotopic (exact) mass is 347 g/mol. The molecule has 1 aromatic carbocycles. The summed E-state index contributed by atoms with van der Waals surface area (Å²) in [6.45, 7) is 6.26. The summed E-state index contributed by atoms with van der Waals surface area (Å²) in [7, 11) is 3.34. The highest BCUT2D eigenvalue weighted by molar-refractivity contribution is 5.79. The quantitative estimate of drug-likeness (QED) is 0.871. The zero-order chi connectivity index (χ0) is 17.6. The average molecular weight is 347 g/mol. The number of ether oxygens (including phenoxy) is 2. The first-order valence-electron chi connectivity index (χ1n) is 9.13. The third kappa shape index (κ3) is 4.64. The lowest BCUT2D eigenvalue weighted by atomic mass is 9.96. The van der Waals surface area contributed by atoms with Crippen molar-refractivity contribution in [2.24, 2.45) is 5.92 Å². The molecule has 1 N–H and O–H groups in total. The van der Waals surface area contributed by atoms with Gasteiger partial charge in [-0.2, -0.15) is 0 Å². The van der Waals surface area contributed by atoms with Gasteiger partial charge in [0.05, 0.1) is 14.2 Å². The van der Waals surface area contributed by atoms with Crippen LogP contribution in [0.2, 0.25) is 0 Å². The highest BCUT2D eigenvalue weighted by atomic mass is 16.5. The van der Waals surface area contributed by atoms with Gasteiger partial charge >= 0.3 is 0 Å². The van der Waals surface area contributed by atoms with E-state index in [0.717, 1.165) is 70.2 Å². The van der Waals surface area contributed by atoms with Crippen molar-refractivity contribution in [2.45, 2.75) is 19.4 Å². The maximum Gasteiger partial charge on any atom is 0.225 e. The Bertz CT molecular complexity index is 557. The second-order valence-corrected chi connectivity index (χ2v) is 6.85. The van der Waals surface area contributed by atoms with Crippen molar-refractivity contribution in [3.8, 4) is 11.5 Å². The second kappa shape index (κ2) is 8.54. The van der Waals surface area contributed by atoms with Crippen LogP contribution in [0, 0.1) is 5.92 Å². The van der Waals surface area contributed by atoms with E-state index >= 15 is 0 Å². The normalized spacial score (nSPS) is 19.7. The van der Waals surface area contributed by atoms with Gasteiger partial charge in [-0.3, -0.25) is 9.69 Å². The number of rotatable bonds is 5. The lowest BCUT2D eigenvalue weighted by molar-refractivity contribution is -0.138. The highest BCUT2D eigenvalue weighted by Crippen LogP contribution is 2.24. The number of carbonyl (C=O) groups excluding carboxylic acids is 1. The maximum atomic E-state index is 12.6. The molecule has 2 aliphatic rings. The SMILES string of the molecule is COc1cc(CN2CCN(C(=O)C3CCNCC3)CC2)cc(OC)c1. The Morgan fingerprint density at radius 1 is 1.04 bits per heavy atom. The second-order valence-electron chi connectivity index (χ2n) is 6.85. The smallest absolute Gasteiger partial charge is 0.225 e. The van der Waals surface area contributed by atoms with E-state index in [0.29, 0.717) is 5.91 Å². The van der Waals surface area contributed by atoms with Crippen molar-refractivity contribution in [1.29, 1.82) is 0 Å². The summed E-state index contributed by atoms with van der Waals surface area (Å²) >= 11 is 0. The van der Waals surface area contributed by atoms with Crippen molar-refractivity contribution >= 4 is 5.91 Å². The van der Waals surface area contributed by atoms with Crippen LogP contribution in [-0.2, 0) is 11.3 Å². The van der Waals surface area contributed by atoms with Crippen LogP contribution >= 0.6 is 0 Å². The van der Waals surface area contributed by atoms with Gasteiger partial charge in [0.15, 0.2) is 0 Å².